The zero-order valence-corrected chi connectivity index (χ0v) is 15.9. The minimum Gasteiger partial charge on any atom is -0.493 e. The van der Waals surface area contributed by atoms with Crippen LogP contribution in [0.2, 0.25) is 0 Å². The molecule has 1 aromatic carbocycles. The van der Waals surface area contributed by atoms with Gasteiger partial charge in [0.1, 0.15) is 5.56 Å². The van der Waals surface area contributed by atoms with Crippen LogP contribution in [-0.2, 0) is 6.42 Å². The topological polar surface area (TPSA) is 77.8 Å². The van der Waals surface area contributed by atoms with Crippen LogP contribution in [-0.4, -0.2) is 35.5 Å². The van der Waals surface area contributed by atoms with Gasteiger partial charge in [-0.2, -0.15) is 13.2 Å². The number of carboxylic acid groups (broad SMARTS) is 1. The van der Waals surface area contributed by atoms with Gasteiger partial charge < -0.3 is 19.1 Å². The lowest BCUT2D eigenvalue weighted by molar-refractivity contribution is -0.153. The van der Waals surface area contributed by atoms with Crippen LogP contribution in [0.25, 0.3) is 11.3 Å². The van der Waals surface area contributed by atoms with E-state index in [0.717, 1.165) is 0 Å². The Morgan fingerprint density at radius 3 is 2.59 bits per heavy atom. The zero-order chi connectivity index (χ0) is 21.3. The molecule has 29 heavy (non-hydrogen) atoms. The molecule has 0 saturated carbocycles. The number of aryl methyl sites for hydroxylation is 1. The SMILES string of the molecule is CCC1CCc2cc(OCC(F)(F)F)c(OC)cc2-c2cc(=O)c(C(=O)O)cn21. The van der Waals surface area contributed by atoms with Crippen LogP contribution in [0.4, 0.5) is 13.2 Å². The summed E-state index contributed by atoms with van der Waals surface area (Å²) in [4.78, 5) is 23.7. The quantitative estimate of drug-likeness (QED) is 0.803. The molecule has 1 N–H and O–H groups in total. The summed E-state index contributed by atoms with van der Waals surface area (Å²) in [5.41, 5.74) is 0.844. The number of alkyl halides is 3. The molecule has 0 radical (unpaired) electrons. The maximum absolute atomic E-state index is 12.6. The molecule has 1 unspecified atom stereocenters. The molecule has 1 aliphatic heterocycles. The molecular formula is C20H20F3NO5. The Kier molecular flexibility index (Phi) is 5.59. The summed E-state index contributed by atoms with van der Waals surface area (Å²) in [5, 5.41) is 9.29. The van der Waals surface area contributed by atoms with E-state index in [4.69, 9.17) is 9.47 Å². The fourth-order valence-electron chi connectivity index (χ4n) is 3.57. The lowest BCUT2D eigenvalue weighted by Crippen LogP contribution is -2.20. The van der Waals surface area contributed by atoms with Crippen LogP contribution < -0.4 is 14.9 Å². The third kappa shape index (κ3) is 4.23. The van der Waals surface area contributed by atoms with Gasteiger partial charge in [-0.1, -0.05) is 6.92 Å². The van der Waals surface area contributed by atoms with Crippen LogP contribution in [0.5, 0.6) is 11.5 Å². The average molecular weight is 411 g/mol. The molecule has 0 bridgehead atoms. The first-order chi connectivity index (χ1) is 13.6. The summed E-state index contributed by atoms with van der Waals surface area (Å²) < 4.78 is 49.6. The monoisotopic (exact) mass is 411 g/mol. The van der Waals surface area contributed by atoms with E-state index in [1.807, 2.05) is 6.92 Å². The highest BCUT2D eigenvalue weighted by molar-refractivity contribution is 5.87. The Morgan fingerprint density at radius 2 is 2.00 bits per heavy atom. The third-order valence-electron chi connectivity index (χ3n) is 4.98. The Morgan fingerprint density at radius 1 is 1.28 bits per heavy atom. The molecule has 156 valence electrons. The number of methoxy groups -OCH3 is 1. The van der Waals surface area contributed by atoms with Crippen molar-refractivity contribution in [2.24, 2.45) is 0 Å². The summed E-state index contributed by atoms with van der Waals surface area (Å²) in [6.45, 7) is 0.499. The minimum absolute atomic E-state index is 0.0328. The number of pyridine rings is 1. The van der Waals surface area contributed by atoms with Crippen molar-refractivity contribution in [2.45, 2.75) is 38.4 Å². The highest BCUT2D eigenvalue weighted by Crippen LogP contribution is 2.40. The number of aromatic nitrogens is 1. The number of carbonyl (C=O) groups is 1. The van der Waals surface area contributed by atoms with E-state index < -0.39 is 24.2 Å². The van der Waals surface area contributed by atoms with Gasteiger partial charge in [0, 0.05) is 23.9 Å². The van der Waals surface area contributed by atoms with Gasteiger partial charge in [0.25, 0.3) is 0 Å². The van der Waals surface area contributed by atoms with E-state index in [1.165, 1.54) is 31.5 Å². The number of nitrogens with zero attached hydrogens (tertiary/aromatic N) is 1. The van der Waals surface area contributed by atoms with Crippen molar-refractivity contribution < 1.29 is 32.5 Å². The van der Waals surface area contributed by atoms with Gasteiger partial charge in [-0.3, -0.25) is 4.79 Å². The lowest BCUT2D eigenvalue weighted by atomic mass is 9.99. The molecule has 6 nitrogen and oxygen atoms in total. The normalized spacial score (nSPS) is 15.8. The second kappa shape index (κ2) is 7.81. The highest BCUT2D eigenvalue weighted by Gasteiger charge is 2.30. The van der Waals surface area contributed by atoms with Gasteiger partial charge in [0.15, 0.2) is 23.5 Å². The first-order valence-corrected chi connectivity index (χ1v) is 9.05. The minimum atomic E-state index is -4.49. The summed E-state index contributed by atoms with van der Waals surface area (Å²) >= 11 is 0. The lowest BCUT2D eigenvalue weighted by Gasteiger charge is -2.21. The fraction of sp³-hybridized carbons (Fsp3) is 0.400. The first-order valence-electron chi connectivity index (χ1n) is 9.05. The van der Waals surface area contributed by atoms with Crippen LogP contribution >= 0.6 is 0 Å². The average Bonchev–Trinajstić information content (AvgIpc) is 2.80. The van der Waals surface area contributed by atoms with Crippen molar-refractivity contribution in [3.8, 4) is 22.8 Å². The summed E-state index contributed by atoms with van der Waals surface area (Å²) in [6.07, 6.45) is -1.30. The van der Waals surface area contributed by atoms with Crippen molar-refractivity contribution in [3.05, 3.63) is 45.7 Å². The number of hydrogen-bond acceptors (Lipinski definition) is 4. The van der Waals surface area contributed by atoms with Crippen LogP contribution in [0.15, 0.2) is 29.2 Å². The Balaban J connectivity index is 2.18. The van der Waals surface area contributed by atoms with Crippen LogP contribution in [0, 0.1) is 0 Å². The maximum Gasteiger partial charge on any atom is 0.422 e. The smallest absolute Gasteiger partial charge is 0.422 e. The Hall–Kier alpha value is -2.97. The third-order valence-corrected chi connectivity index (χ3v) is 4.98. The standard InChI is InChI=1S/C20H20F3NO5/c1-3-12-5-4-11-6-18(29-10-20(21,22)23)17(28-2)7-13(11)15-8-16(25)14(19(26)27)9-24(12)15/h6-9,12H,3-5,10H2,1-2H3,(H,26,27). The largest absolute Gasteiger partial charge is 0.493 e. The van der Waals surface area contributed by atoms with E-state index in [9.17, 15) is 27.9 Å². The number of benzene rings is 1. The van der Waals surface area contributed by atoms with E-state index in [2.05, 4.69) is 0 Å². The first kappa shape index (κ1) is 20.8. The molecule has 0 aliphatic carbocycles. The number of ether oxygens (including phenoxy) is 2. The van der Waals surface area contributed by atoms with Gasteiger partial charge in [0.2, 0.25) is 0 Å². The molecule has 3 rings (SSSR count). The molecule has 1 aliphatic rings. The Bertz CT molecular complexity index is 997. The molecule has 0 saturated heterocycles. The second-order valence-electron chi connectivity index (χ2n) is 6.81. The molecule has 1 aromatic heterocycles. The van der Waals surface area contributed by atoms with Gasteiger partial charge in [-0.15, -0.1) is 0 Å². The van der Waals surface area contributed by atoms with Crippen LogP contribution in [0.1, 0.15) is 41.7 Å². The maximum atomic E-state index is 12.6. The van der Waals surface area contributed by atoms with Crippen molar-refractivity contribution in [2.75, 3.05) is 13.7 Å². The molecular weight excluding hydrogens is 391 g/mol. The highest BCUT2D eigenvalue weighted by atomic mass is 19.4. The number of rotatable bonds is 5. The summed E-state index contributed by atoms with van der Waals surface area (Å²) in [7, 11) is 1.31. The summed E-state index contributed by atoms with van der Waals surface area (Å²) in [6, 6.07) is 4.22. The van der Waals surface area contributed by atoms with Crippen molar-refractivity contribution in [3.63, 3.8) is 0 Å². The van der Waals surface area contributed by atoms with Crippen molar-refractivity contribution in [1.82, 2.24) is 4.57 Å². The van der Waals surface area contributed by atoms with Crippen molar-refractivity contribution >= 4 is 5.97 Å². The van der Waals surface area contributed by atoms with E-state index in [1.54, 1.807) is 4.57 Å². The molecule has 2 heterocycles. The van der Waals surface area contributed by atoms with Gasteiger partial charge >= 0.3 is 12.1 Å². The molecule has 9 heteroatoms. The molecule has 1 atom stereocenters. The number of fused-ring (bicyclic) bond motifs is 3. The van der Waals surface area contributed by atoms with Gasteiger partial charge in [-0.25, -0.2) is 4.79 Å². The molecule has 0 fully saturated rings. The number of carboxylic acids is 1. The summed E-state index contributed by atoms with van der Waals surface area (Å²) in [5.74, 6) is -1.24. The Labute approximate surface area is 164 Å². The zero-order valence-electron chi connectivity index (χ0n) is 15.9. The van der Waals surface area contributed by atoms with E-state index >= 15 is 0 Å². The predicted molar refractivity (Wildman–Crippen MR) is 98.8 cm³/mol. The molecule has 0 spiro atoms. The number of aromatic carboxylic acids is 1. The number of halogens is 3. The molecule has 2 aromatic rings. The van der Waals surface area contributed by atoms with Crippen molar-refractivity contribution in [1.29, 1.82) is 0 Å². The van der Waals surface area contributed by atoms with E-state index in [0.29, 0.717) is 36.1 Å². The van der Waals surface area contributed by atoms with Gasteiger partial charge in [0.05, 0.1) is 12.8 Å². The van der Waals surface area contributed by atoms with Crippen LogP contribution in [0.3, 0.4) is 0 Å². The van der Waals surface area contributed by atoms with E-state index in [-0.39, 0.29) is 23.1 Å². The number of hydrogen-bond donors (Lipinski definition) is 1. The second-order valence-corrected chi connectivity index (χ2v) is 6.81. The molecule has 0 amide bonds. The predicted octanol–water partition coefficient (Wildman–Crippen LogP) is 4.06. The van der Waals surface area contributed by atoms with Gasteiger partial charge in [-0.05, 0) is 37.0 Å². The fourth-order valence-corrected chi connectivity index (χ4v) is 3.57.